The van der Waals surface area contributed by atoms with E-state index in [0.29, 0.717) is 38.2 Å². The molecule has 4 amide bonds. The van der Waals surface area contributed by atoms with E-state index in [2.05, 4.69) is 0 Å². The smallest absolute Gasteiger partial charge is 0.241 e. The molecule has 2 aromatic rings. The SMILES string of the molecule is CC(=O)N1CCCN(C(=O)C[C@@]2(c3ccc(-c4ccccc4)cc3)CC(=O)N(C3CC3)C2=O)CC1. The van der Waals surface area contributed by atoms with Crippen LogP contribution in [0.4, 0.5) is 0 Å². The van der Waals surface area contributed by atoms with Gasteiger partial charge in [0.1, 0.15) is 0 Å². The summed E-state index contributed by atoms with van der Waals surface area (Å²) in [4.78, 5) is 57.0. The van der Waals surface area contributed by atoms with E-state index in [4.69, 9.17) is 0 Å². The Hall–Kier alpha value is -3.48. The molecule has 0 bridgehead atoms. The van der Waals surface area contributed by atoms with Crippen molar-refractivity contribution in [2.75, 3.05) is 26.2 Å². The first-order valence-electron chi connectivity index (χ1n) is 12.4. The quantitative estimate of drug-likeness (QED) is 0.626. The van der Waals surface area contributed by atoms with Gasteiger partial charge in [-0.15, -0.1) is 0 Å². The highest BCUT2D eigenvalue weighted by atomic mass is 16.2. The van der Waals surface area contributed by atoms with Crippen molar-refractivity contribution in [3.8, 4) is 11.1 Å². The number of hydrogen-bond acceptors (Lipinski definition) is 4. The average molecular weight is 474 g/mol. The van der Waals surface area contributed by atoms with E-state index >= 15 is 0 Å². The summed E-state index contributed by atoms with van der Waals surface area (Å²) in [5.41, 5.74) is 1.62. The third-order valence-electron chi connectivity index (χ3n) is 7.55. The van der Waals surface area contributed by atoms with Crippen molar-refractivity contribution in [1.29, 1.82) is 0 Å². The third-order valence-corrected chi connectivity index (χ3v) is 7.55. The summed E-state index contributed by atoms with van der Waals surface area (Å²) in [6.45, 7) is 3.63. The van der Waals surface area contributed by atoms with Crippen molar-refractivity contribution >= 4 is 23.6 Å². The second kappa shape index (κ2) is 9.29. The highest BCUT2D eigenvalue weighted by Crippen LogP contribution is 2.45. The average Bonchev–Trinajstić information content (AvgIpc) is 3.68. The normalized spacial score (nSPS) is 22.9. The van der Waals surface area contributed by atoms with Gasteiger partial charge < -0.3 is 9.80 Å². The van der Waals surface area contributed by atoms with Crippen molar-refractivity contribution in [2.24, 2.45) is 0 Å². The van der Waals surface area contributed by atoms with Crippen LogP contribution in [-0.2, 0) is 24.6 Å². The summed E-state index contributed by atoms with van der Waals surface area (Å²) >= 11 is 0. The van der Waals surface area contributed by atoms with E-state index in [1.807, 2.05) is 54.6 Å². The zero-order valence-corrected chi connectivity index (χ0v) is 20.1. The van der Waals surface area contributed by atoms with Crippen molar-refractivity contribution in [3.63, 3.8) is 0 Å². The molecule has 0 radical (unpaired) electrons. The molecule has 1 saturated carbocycles. The van der Waals surface area contributed by atoms with Crippen LogP contribution in [0.5, 0.6) is 0 Å². The van der Waals surface area contributed by atoms with Gasteiger partial charge in [-0.2, -0.15) is 0 Å². The van der Waals surface area contributed by atoms with E-state index in [9.17, 15) is 19.2 Å². The van der Waals surface area contributed by atoms with Gasteiger partial charge in [-0.25, -0.2) is 0 Å². The Kier molecular flexibility index (Phi) is 6.17. The second-order valence-corrected chi connectivity index (χ2v) is 9.92. The fourth-order valence-electron chi connectivity index (χ4n) is 5.39. The highest BCUT2D eigenvalue weighted by Gasteiger charge is 2.57. The monoisotopic (exact) mass is 473 g/mol. The highest BCUT2D eigenvalue weighted by molar-refractivity contribution is 6.11. The maximum Gasteiger partial charge on any atom is 0.241 e. The zero-order valence-electron chi connectivity index (χ0n) is 20.1. The number of rotatable bonds is 5. The van der Waals surface area contributed by atoms with Crippen LogP contribution in [0.25, 0.3) is 11.1 Å². The van der Waals surface area contributed by atoms with Gasteiger partial charge in [0.05, 0.1) is 5.41 Å². The Morgan fingerprint density at radius 2 is 1.49 bits per heavy atom. The van der Waals surface area contributed by atoms with Gasteiger partial charge in [0.2, 0.25) is 23.6 Å². The third kappa shape index (κ3) is 4.47. The van der Waals surface area contributed by atoms with Crippen LogP contribution in [0.3, 0.4) is 0 Å². The Morgan fingerprint density at radius 3 is 2.14 bits per heavy atom. The first-order valence-corrected chi connectivity index (χ1v) is 12.4. The molecule has 2 aromatic carbocycles. The Balaban J connectivity index is 1.44. The minimum Gasteiger partial charge on any atom is -0.341 e. The lowest BCUT2D eigenvalue weighted by Crippen LogP contribution is -2.45. The van der Waals surface area contributed by atoms with Crippen molar-refractivity contribution in [1.82, 2.24) is 14.7 Å². The lowest BCUT2D eigenvalue weighted by molar-refractivity contribution is -0.143. The summed E-state index contributed by atoms with van der Waals surface area (Å²) in [6.07, 6.45) is 2.35. The van der Waals surface area contributed by atoms with Crippen LogP contribution in [0, 0.1) is 0 Å². The molecule has 5 rings (SSSR count). The molecular formula is C28H31N3O4. The van der Waals surface area contributed by atoms with Gasteiger partial charge in [0.25, 0.3) is 0 Å². The van der Waals surface area contributed by atoms with Crippen LogP contribution in [-0.4, -0.2) is 70.5 Å². The molecule has 2 saturated heterocycles. The van der Waals surface area contributed by atoms with Crippen LogP contribution < -0.4 is 0 Å². The number of nitrogens with zero attached hydrogens (tertiary/aromatic N) is 3. The predicted molar refractivity (Wildman–Crippen MR) is 131 cm³/mol. The maximum atomic E-state index is 13.8. The molecule has 0 unspecified atom stereocenters. The largest absolute Gasteiger partial charge is 0.341 e. The summed E-state index contributed by atoms with van der Waals surface area (Å²) in [6, 6.07) is 17.7. The first kappa shape index (κ1) is 23.3. The van der Waals surface area contributed by atoms with Gasteiger partial charge in [-0.3, -0.25) is 24.1 Å². The molecule has 2 heterocycles. The van der Waals surface area contributed by atoms with Gasteiger partial charge >= 0.3 is 0 Å². The molecule has 0 N–H and O–H groups in total. The maximum absolute atomic E-state index is 13.8. The van der Waals surface area contributed by atoms with Crippen molar-refractivity contribution < 1.29 is 19.2 Å². The molecule has 182 valence electrons. The van der Waals surface area contributed by atoms with Crippen LogP contribution in [0.15, 0.2) is 54.6 Å². The van der Waals surface area contributed by atoms with E-state index < -0.39 is 5.41 Å². The second-order valence-electron chi connectivity index (χ2n) is 9.92. The van der Waals surface area contributed by atoms with E-state index in [0.717, 1.165) is 24.0 Å². The van der Waals surface area contributed by atoms with Crippen LogP contribution >= 0.6 is 0 Å². The fraction of sp³-hybridized carbons (Fsp3) is 0.429. The summed E-state index contributed by atoms with van der Waals surface area (Å²) in [5, 5.41) is 0. The first-order chi connectivity index (χ1) is 16.9. The van der Waals surface area contributed by atoms with E-state index in [1.54, 1.807) is 16.7 Å². The number of carbonyl (C=O) groups excluding carboxylic acids is 4. The Labute approximate surface area is 205 Å². The Bertz CT molecular complexity index is 1140. The van der Waals surface area contributed by atoms with Gasteiger partial charge in [0.15, 0.2) is 0 Å². The molecular weight excluding hydrogens is 442 g/mol. The van der Waals surface area contributed by atoms with E-state index in [1.165, 1.54) is 4.90 Å². The van der Waals surface area contributed by atoms with Crippen molar-refractivity contribution in [3.05, 3.63) is 60.2 Å². The summed E-state index contributed by atoms with van der Waals surface area (Å²) < 4.78 is 0. The molecule has 3 aliphatic rings. The molecule has 1 aliphatic carbocycles. The van der Waals surface area contributed by atoms with E-state index in [-0.39, 0.29) is 42.5 Å². The standard InChI is InChI=1S/C28H31N3O4/c1-20(32)29-14-5-15-30(17-16-29)25(33)18-28(19-26(34)31(27(28)35)24-12-13-24)23-10-8-22(9-11-23)21-6-3-2-4-7-21/h2-4,6-11,24H,5,12-19H2,1H3/t28-/m0/s1. The fourth-order valence-corrected chi connectivity index (χ4v) is 5.39. The summed E-state index contributed by atoms with van der Waals surface area (Å²) in [7, 11) is 0. The molecule has 1 atom stereocenters. The minimum absolute atomic E-state index is 0.00548. The molecule has 35 heavy (non-hydrogen) atoms. The lowest BCUT2D eigenvalue weighted by atomic mass is 9.75. The molecule has 7 nitrogen and oxygen atoms in total. The molecule has 0 spiro atoms. The lowest BCUT2D eigenvalue weighted by Gasteiger charge is -2.30. The summed E-state index contributed by atoms with van der Waals surface area (Å²) in [5.74, 6) is -0.561. The number of amides is 4. The molecule has 7 heteroatoms. The number of carbonyl (C=O) groups is 4. The van der Waals surface area contributed by atoms with Gasteiger partial charge in [0, 0.05) is 52.0 Å². The predicted octanol–water partition coefficient (Wildman–Crippen LogP) is 2.98. The van der Waals surface area contributed by atoms with Crippen LogP contribution in [0.1, 0.15) is 44.6 Å². The zero-order chi connectivity index (χ0) is 24.6. The van der Waals surface area contributed by atoms with Gasteiger partial charge in [-0.05, 0) is 36.0 Å². The van der Waals surface area contributed by atoms with Crippen molar-refractivity contribution in [2.45, 2.75) is 50.5 Å². The topological polar surface area (TPSA) is 78.0 Å². The number of imide groups is 1. The molecule has 0 aromatic heterocycles. The number of benzene rings is 2. The minimum atomic E-state index is -1.18. The van der Waals surface area contributed by atoms with Crippen LogP contribution in [0.2, 0.25) is 0 Å². The molecule has 2 aliphatic heterocycles. The molecule has 3 fully saturated rings. The van der Waals surface area contributed by atoms with Gasteiger partial charge in [-0.1, -0.05) is 54.6 Å². The Morgan fingerprint density at radius 1 is 0.857 bits per heavy atom. The number of hydrogen-bond donors (Lipinski definition) is 0. The number of likely N-dealkylation sites (tertiary alicyclic amines) is 1.